The quantitative estimate of drug-likeness (QED) is 0.634. The van der Waals surface area contributed by atoms with Crippen LogP contribution in [0.2, 0.25) is 0 Å². The van der Waals surface area contributed by atoms with Crippen molar-refractivity contribution in [3.05, 3.63) is 51.0 Å². The molecule has 1 saturated heterocycles. The summed E-state index contributed by atoms with van der Waals surface area (Å²) in [6, 6.07) is 7.10. The van der Waals surface area contributed by atoms with Gasteiger partial charge in [0.15, 0.2) is 0 Å². The fourth-order valence-electron chi connectivity index (χ4n) is 4.77. The van der Waals surface area contributed by atoms with Crippen LogP contribution in [-0.4, -0.2) is 52.4 Å². The van der Waals surface area contributed by atoms with E-state index in [0.29, 0.717) is 30.3 Å². The second kappa shape index (κ2) is 9.46. The number of amides is 3. The van der Waals surface area contributed by atoms with E-state index >= 15 is 0 Å². The predicted octanol–water partition coefficient (Wildman–Crippen LogP) is 2.91. The second-order valence-corrected chi connectivity index (χ2v) is 10.4. The van der Waals surface area contributed by atoms with E-state index in [0.717, 1.165) is 47.6 Å². The molecule has 0 unspecified atom stereocenters. The van der Waals surface area contributed by atoms with E-state index in [2.05, 4.69) is 20.6 Å². The molecular weight excluding hydrogens is 450 g/mol. The first kappa shape index (κ1) is 23.0. The minimum atomic E-state index is -0.721. The molecule has 2 aromatic rings. The minimum Gasteiger partial charge on any atom is -0.350 e. The third kappa shape index (κ3) is 4.46. The van der Waals surface area contributed by atoms with Crippen LogP contribution >= 0.6 is 11.3 Å². The Balaban J connectivity index is 1.27. The molecule has 5 rings (SSSR count). The van der Waals surface area contributed by atoms with Gasteiger partial charge in [0.1, 0.15) is 10.9 Å². The van der Waals surface area contributed by atoms with Gasteiger partial charge in [-0.3, -0.25) is 19.4 Å². The first-order chi connectivity index (χ1) is 16.5. The summed E-state index contributed by atoms with van der Waals surface area (Å²) < 4.78 is 0. The predicted molar refractivity (Wildman–Crippen MR) is 129 cm³/mol. The van der Waals surface area contributed by atoms with Gasteiger partial charge in [-0.05, 0) is 43.7 Å². The molecular formula is C25H31N5O3S. The zero-order chi connectivity index (χ0) is 23.8. The molecule has 0 radical (unpaired) electrons. The Kier molecular flexibility index (Phi) is 6.40. The molecule has 1 aliphatic carbocycles. The highest BCUT2D eigenvalue weighted by atomic mass is 32.1. The van der Waals surface area contributed by atoms with Crippen LogP contribution in [0.15, 0.2) is 24.3 Å². The smallest absolute Gasteiger partial charge is 0.264 e. The van der Waals surface area contributed by atoms with Crippen LogP contribution in [0.1, 0.15) is 76.1 Å². The monoisotopic (exact) mass is 481 g/mol. The number of rotatable bonds is 7. The lowest BCUT2D eigenvalue weighted by molar-refractivity contribution is -0.148. The van der Waals surface area contributed by atoms with Gasteiger partial charge in [0.2, 0.25) is 5.91 Å². The van der Waals surface area contributed by atoms with Crippen molar-refractivity contribution in [1.29, 1.82) is 0 Å². The molecule has 1 saturated carbocycles. The average Bonchev–Trinajstić information content (AvgIpc) is 3.48. The van der Waals surface area contributed by atoms with Crippen molar-refractivity contribution < 1.29 is 14.4 Å². The maximum atomic E-state index is 13.4. The highest BCUT2D eigenvalue weighted by molar-refractivity contribution is 7.14. The molecule has 9 heteroatoms. The van der Waals surface area contributed by atoms with Crippen LogP contribution in [0.5, 0.6) is 0 Å². The van der Waals surface area contributed by atoms with Gasteiger partial charge < -0.3 is 10.6 Å². The van der Waals surface area contributed by atoms with Crippen molar-refractivity contribution in [1.82, 2.24) is 25.6 Å². The average molecular weight is 482 g/mol. The number of hydrogen-bond acceptors (Lipinski definition) is 6. The van der Waals surface area contributed by atoms with Gasteiger partial charge in [0.25, 0.3) is 11.8 Å². The standard InChI is InChI=1S/C25H31N5O3S/c1-3-16(13-26-23(32)21-15(2)27-24(34-21)17-9-10-17)22(31)28-20-19-8-5-4-7-18(19)14-29-11-6-12-30(29)25(20)33/h4-5,7-8,16-17,20H,3,6,9-14H2,1-2H3,(H,26,32)(H,28,31)/t16-,20+/m1/s1. The molecule has 2 N–H and O–H groups in total. The summed E-state index contributed by atoms with van der Waals surface area (Å²) in [5.74, 6) is -0.425. The van der Waals surface area contributed by atoms with Gasteiger partial charge >= 0.3 is 0 Å². The highest BCUT2D eigenvalue weighted by Crippen LogP contribution is 2.42. The summed E-state index contributed by atoms with van der Waals surface area (Å²) in [5, 5.41) is 10.8. The zero-order valence-electron chi connectivity index (χ0n) is 19.7. The molecule has 2 aliphatic heterocycles. The summed E-state index contributed by atoms with van der Waals surface area (Å²) in [5.41, 5.74) is 2.65. The van der Waals surface area contributed by atoms with Crippen LogP contribution in [0.4, 0.5) is 0 Å². The Morgan fingerprint density at radius 2 is 2.03 bits per heavy atom. The molecule has 0 bridgehead atoms. The molecule has 8 nitrogen and oxygen atoms in total. The summed E-state index contributed by atoms with van der Waals surface area (Å²) in [4.78, 5) is 44.6. The molecule has 2 atom stereocenters. The SMILES string of the molecule is CC[C@H](CNC(=O)c1sc(C2CC2)nc1C)C(=O)N[C@@H]1C(=O)N2CCCN2Cc2ccccc21. The van der Waals surface area contributed by atoms with E-state index in [9.17, 15) is 14.4 Å². The van der Waals surface area contributed by atoms with Crippen LogP contribution in [0.25, 0.3) is 0 Å². The van der Waals surface area contributed by atoms with E-state index in [-0.39, 0.29) is 24.3 Å². The van der Waals surface area contributed by atoms with Crippen LogP contribution in [-0.2, 0) is 16.1 Å². The first-order valence-electron chi connectivity index (χ1n) is 12.2. The number of aryl methyl sites for hydroxylation is 1. The van der Waals surface area contributed by atoms with Gasteiger partial charge in [0.05, 0.1) is 16.6 Å². The number of hydrazine groups is 1. The molecule has 3 amide bonds. The lowest BCUT2D eigenvalue weighted by Gasteiger charge is -2.28. The maximum Gasteiger partial charge on any atom is 0.264 e. The van der Waals surface area contributed by atoms with E-state index in [4.69, 9.17) is 0 Å². The molecule has 180 valence electrons. The Labute approximate surface area is 203 Å². The number of carbonyl (C=O) groups is 3. The number of carbonyl (C=O) groups excluding carboxylic acids is 3. The van der Waals surface area contributed by atoms with Crippen molar-refractivity contribution in [2.24, 2.45) is 5.92 Å². The fourth-order valence-corrected chi connectivity index (χ4v) is 5.92. The van der Waals surface area contributed by atoms with Crippen LogP contribution in [0, 0.1) is 12.8 Å². The summed E-state index contributed by atoms with van der Waals surface area (Å²) in [6.45, 7) is 6.17. The Hall–Kier alpha value is -2.78. The number of aromatic nitrogens is 1. The van der Waals surface area contributed by atoms with E-state index in [1.165, 1.54) is 11.3 Å². The second-order valence-electron chi connectivity index (χ2n) is 9.40. The number of nitrogens with one attached hydrogen (secondary N) is 2. The topological polar surface area (TPSA) is 94.6 Å². The molecule has 1 aromatic heterocycles. The van der Waals surface area contributed by atoms with E-state index in [1.54, 1.807) is 5.01 Å². The lowest BCUT2D eigenvalue weighted by Crippen LogP contribution is -2.47. The number of benzene rings is 1. The minimum absolute atomic E-state index is 0.0948. The number of fused-ring (bicyclic) bond motifs is 2. The third-order valence-corrected chi connectivity index (χ3v) is 8.27. The molecule has 2 fully saturated rings. The largest absolute Gasteiger partial charge is 0.350 e. The van der Waals surface area contributed by atoms with E-state index < -0.39 is 12.0 Å². The number of nitrogens with zero attached hydrogens (tertiary/aromatic N) is 3. The highest BCUT2D eigenvalue weighted by Gasteiger charge is 2.38. The Morgan fingerprint density at radius 1 is 1.24 bits per heavy atom. The summed E-state index contributed by atoms with van der Waals surface area (Å²) in [6.07, 6.45) is 3.77. The van der Waals surface area contributed by atoms with Gasteiger partial charge in [0, 0.05) is 32.1 Å². The van der Waals surface area contributed by atoms with Gasteiger partial charge in [-0.2, -0.15) is 0 Å². The summed E-state index contributed by atoms with van der Waals surface area (Å²) in [7, 11) is 0. The van der Waals surface area contributed by atoms with Gasteiger partial charge in [-0.25, -0.2) is 9.99 Å². The number of hydrogen-bond donors (Lipinski definition) is 2. The molecule has 3 heterocycles. The Morgan fingerprint density at radius 3 is 2.79 bits per heavy atom. The molecule has 3 aliphatic rings. The molecule has 0 spiro atoms. The summed E-state index contributed by atoms with van der Waals surface area (Å²) >= 11 is 1.46. The van der Waals surface area contributed by atoms with E-state index in [1.807, 2.05) is 38.1 Å². The zero-order valence-corrected chi connectivity index (χ0v) is 20.5. The maximum absolute atomic E-state index is 13.4. The van der Waals surface area contributed by atoms with Crippen LogP contribution in [0.3, 0.4) is 0 Å². The molecule has 34 heavy (non-hydrogen) atoms. The van der Waals surface area contributed by atoms with Crippen LogP contribution < -0.4 is 10.6 Å². The first-order valence-corrected chi connectivity index (χ1v) is 13.0. The third-order valence-electron chi connectivity index (χ3n) is 6.95. The lowest BCUT2D eigenvalue weighted by atomic mass is 9.98. The van der Waals surface area contributed by atoms with Crippen molar-refractivity contribution in [3.8, 4) is 0 Å². The van der Waals surface area contributed by atoms with Gasteiger partial charge in [-0.15, -0.1) is 11.3 Å². The number of thiazole rings is 1. The van der Waals surface area contributed by atoms with Crippen molar-refractivity contribution in [2.75, 3.05) is 19.6 Å². The van der Waals surface area contributed by atoms with Crippen molar-refractivity contribution in [3.63, 3.8) is 0 Å². The normalized spacial score (nSPS) is 20.9. The Bertz CT molecular complexity index is 1110. The fraction of sp³-hybridized carbons (Fsp3) is 0.520. The van der Waals surface area contributed by atoms with Crippen molar-refractivity contribution in [2.45, 2.75) is 58.0 Å². The van der Waals surface area contributed by atoms with Gasteiger partial charge in [-0.1, -0.05) is 31.2 Å². The van der Waals surface area contributed by atoms with Crippen molar-refractivity contribution >= 4 is 29.1 Å². The molecule has 1 aromatic carbocycles.